The molecule has 19 heavy (non-hydrogen) atoms. The van der Waals surface area contributed by atoms with Gasteiger partial charge < -0.3 is 10.5 Å². The largest absolute Gasteiger partial charge is 0.495 e. The Labute approximate surface area is 112 Å². The first kappa shape index (κ1) is 13.8. The molecule has 0 unspecified atom stereocenters. The maximum absolute atomic E-state index is 12.5. The smallest absolute Gasteiger partial charge is 0.246 e. The van der Waals surface area contributed by atoms with Gasteiger partial charge in [0.2, 0.25) is 10.0 Å². The normalized spacial score (nSPS) is 20.2. The first-order valence-corrected chi connectivity index (χ1v) is 7.27. The molecule has 0 spiro atoms. The van der Waals surface area contributed by atoms with Gasteiger partial charge in [0.15, 0.2) is 0 Å². The fraction of sp³-hybridized carbons (Fsp3) is 0.417. The van der Waals surface area contributed by atoms with Gasteiger partial charge in [-0.25, -0.2) is 8.42 Å². The minimum absolute atomic E-state index is 0.0723. The fourth-order valence-corrected chi connectivity index (χ4v) is 3.71. The third-order valence-electron chi connectivity index (χ3n) is 3.10. The van der Waals surface area contributed by atoms with E-state index < -0.39 is 10.0 Å². The number of rotatable bonds is 3. The Kier molecular flexibility index (Phi) is 3.75. The van der Waals surface area contributed by atoms with Gasteiger partial charge in [0.05, 0.1) is 18.7 Å². The lowest BCUT2D eigenvalue weighted by atomic mass is 10.2. The molecule has 0 aromatic heterocycles. The van der Waals surface area contributed by atoms with Crippen LogP contribution in [0.1, 0.15) is 12.0 Å². The van der Waals surface area contributed by atoms with Crippen molar-refractivity contribution in [2.75, 3.05) is 20.2 Å². The van der Waals surface area contributed by atoms with Gasteiger partial charge in [-0.3, -0.25) is 0 Å². The Bertz CT molecular complexity index is 622. The molecule has 1 aromatic carbocycles. The van der Waals surface area contributed by atoms with Crippen LogP contribution in [-0.4, -0.2) is 39.0 Å². The lowest BCUT2D eigenvalue weighted by Gasteiger charge is -2.17. The molecule has 2 rings (SSSR count). The molecule has 0 amide bonds. The molecule has 0 bridgehead atoms. The molecule has 1 saturated heterocycles. The minimum Gasteiger partial charge on any atom is -0.495 e. The number of nitrogens with zero attached hydrogens (tertiary/aromatic N) is 2. The van der Waals surface area contributed by atoms with E-state index in [2.05, 4.69) is 0 Å². The third kappa shape index (κ3) is 2.56. The Morgan fingerprint density at radius 1 is 1.53 bits per heavy atom. The summed E-state index contributed by atoms with van der Waals surface area (Å²) in [6.45, 7) is 0.720. The molecule has 1 atom stereocenters. The van der Waals surface area contributed by atoms with Crippen molar-refractivity contribution < 1.29 is 13.2 Å². The molecule has 2 N–H and O–H groups in total. The van der Waals surface area contributed by atoms with E-state index in [0.717, 1.165) is 0 Å². The van der Waals surface area contributed by atoms with Gasteiger partial charge in [-0.15, -0.1) is 0 Å². The molecule has 0 saturated carbocycles. The van der Waals surface area contributed by atoms with Crippen molar-refractivity contribution in [3.63, 3.8) is 0 Å². The van der Waals surface area contributed by atoms with Gasteiger partial charge in [0.1, 0.15) is 10.6 Å². The molecule has 6 nitrogen and oxygen atoms in total. The summed E-state index contributed by atoms with van der Waals surface area (Å²) in [6, 6.07) is 6.11. The van der Waals surface area contributed by atoms with Gasteiger partial charge in [-0.05, 0) is 24.6 Å². The molecule has 1 fully saturated rings. The predicted molar refractivity (Wildman–Crippen MR) is 69.1 cm³/mol. The van der Waals surface area contributed by atoms with Crippen molar-refractivity contribution in [1.82, 2.24) is 4.31 Å². The van der Waals surface area contributed by atoms with Crippen LogP contribution in [0.3, 0.4) is 0 Å². The van der Waals surface area contributed by atoms with E-state index in [1.54, 1.807) is 0 Å². The molecule has 1 aliphatic rings. The Morgan fingerprint density at radius 3 is 2.79 bits per heavy atom. The summed E-state index contributed by atoms with van der Waals surface area (Å²) >= 11 is 0. The Balaban J connectivity index is 2.43. The van der Waals surface area contributed by atoms with Crippen molar-refractivity contribution in [2.24, 2.45) is 5.73 Å². The zero-order chi connectivity index (χ0) is 14.0. The van der Waals surface area contributed by atoms with Crippen LogP contribution >= 0.6 is 0 Å². The number of ether oxygens (including phenoxy) is 1. The average molecular weight is 281 g/mol. The molecule has 0 aliphatic carbocycles. The average Bonchev–Trinajstić information content (AvgIpc) is 2.85. The van der Waals surface area contributed by atoms with E-state index in [-0.39, 0.29) is 16.7 Å². The van der Waals surface area contributed by atoms with Gasteiger partial charge in [-0.2, -0.15) is 9.57 Å². The van der Waals surface area contributed by atoms with Gasteiger partial charge in [-0.1, -0.05) is 0 Å². The molecule has 1 heterocycles. The Hall–Kier alpha value is -1.62. The van der Waals surface area contributed by atoms with Gasteiger partial charge in [0, 0.05) is 19.1 Å². The summed E-state index contributed by atoms with van der Waals surface area (Å²) in [4.78, 5) is 0.0723. The van der Waals surface area contributed by atoms with Crippen LogP contribution in [0, 0.1) is 11.3 Å². The predicted octanol–water partition coefficient (Wildman–Crippen LogP) is 0.289. The van der Waals surface area contributed by atoms with Crippen molar-refractivity contribution in [1.29, 1.82) is 5.26 Å². The minimum atomic E-state index is -3.62. The van der Waals surface area contributed by atoms with E-state index in [9.17, 15) is 8.42 Å². The van der Waals surface area contributed by atoms with Crippen molar-refractivity contribution >= 4 is 10.0 Å². The number of nitriles is 1. The number of nitrogens with two attached hydrogens (primary N) is 1. The summed E-state index contributed by atoms with van der Waals surface area (Å²) in [5.74, 6) is 0.180. The van der Waals surface area contributed by atoms with E-state index in [1.807, 2.05) is 6.07 Å². The van der Waals surface area contributed by atoms with Crippen LogP contribution in [-0.2, 0) is 10.0 Å². The second-order valence-electron chi connectivity index (χ2n) is 4.39. The summed E-state index contributed by atoms with van der Waals surface area (Å²) in [6.07, 6.45) is 0.651. The Morgan fingerprint density at radius 2 is 2.26 bits per heavy atom. The standard InChI is InChI=1S/C12H15N3O3S/c1-18-11-6-9(7-13)2-3-12(11)19(16,17)15-5-4-10(14)8-15/h2-3,6,10H,4-5,8,14H2,1H3/t10-/m0/s1. The highest BCUT2D eigenvalue weighted by Crippen LogP contribution is 2.29. The summed E-state index contributed by atoms with van der Waals surface area (Å²) in [7, 11) is -2.24. The maximum Gasteiger partial charge on any atom is 0.246 e. The second-order valence-corrected chi connectivity index (χ2v) is 6.30. The van der Waals surface area contributed by atoms with Crippen LogP contribution in [0.5, 0.6) is 5.75 Å². The van der Waals surface area contributed by atoms with Crippen LogP contribution in [0.4, 0.5) is 0 Å². The van der Waals surface area contributed by atoms with E-state index in [1.165, 1.54) is 29.6 Å². The second kappa shape index (κ2) is 5.17. The van der Waals surface area contributed by atoms with Gasteiger partial charge >= 0.3 is 0 Å². The maximum atomic E-state index is 12.5. The van der Waals surface area contributed by atoms with Crippen molar-refractivity contribution in [3.8, 4) is 11.8 Å². The highest BCUT2D eigenvalue weighted by Gasteiger charge is 2.32. The molecule has 102 valence electrons. The highest BCUT2D eigenvalue weighted by atomic mass is 32.2. The van der Waals surface area contributed by atoms with Crippen LogP contribution in [0.25, 0.3) is 0 Å². The zero-order valence-electron chi connectivity index (χ0n) is 10.5. The van der Waals surface area contributed by atoms with Crippen molar-refractivity contribution in [3.05, 3.63) is 23.8 Å². The first-order chi connectivity index (χ1) is 8.98. The topological polar surface area (TPSA) is 96.4 Å². The van der Waals surface area contributed by atoms with Gasteiger partial charge in [0.25, 0.3) is 0 Å². The number of hydrogen-bond acceptors (Lipinski definition) is 5. The molecular weight excluding hydrogens is 266 g/mol. The zero-order valence-corrected chi connectivity index (χ0v) is 11.4. The van der Waals surface area contributed by atoms with Crippen LogP contribution in [0.2, 0.25) is 0 Å². The first-order valence-electron chi connectivity index (χ1n) is 5.83. The molecule has 1 aliphatic heterocycles. The highest BCUT2D eigenvalue weighted by molar-refractivity contribution is 7.89. The van der Waals surface area contributed by atoms with E-state index in [0.29, 0.717) is 25.1 Å². The van der Waals surface area contributed by atoms with Crippen molar-refractivity contribution in [2.45, 2.75) is 17.4 Å². The molecular formula is C12H15N3O3S. The lowest BCUT2D eigenvalue weighted by Crippen LogP contribution is -2.32. The summed E-state index contributed by atoms with van der Waals surface area (Å²) < 4.78 is 31.4. The fourth-order valence-electron chi connectivity index (χ4n) is 2.06. The summed E-state index contributed by atoms with van der Waals surface area (Å²) in [5.41, 5.74) is 6.09. The quantitative estimate of drug-likeness (QED) is 0.859. The number of hydrogen-bond donors (Lipinski definition) is 1. The molecule has 1 aromatic rings. The van der Waals surface area contributed by atoms with Crippen LogP contribution in [0.15, 0.2) is 23.1 Å². The SMILES string of the molecule is COc1cc(C#N)ccc1S(=O)(=O)N1CC[C@H](N)C1. The van der Waals surface area contributed by atoms with Crippen LogP contribution < -0.4 is 10.5 Å². The monoisotopic (exact) mass is 281 g/mol. The van der Waals surface area contributed by atoms with E-state index in [4.69, 9.17) is 15.7 Å². The number of benzene rings is 1. The number of methoxy groups -OCH3 is 1. The molecule has 0 radical (unpaired) electrons. The van der Waals surface area contributed by atoms with E-state index >= 15 is 0 Å². The third-order valence-corrected chi connectivity index (χ3v) is 5.00. The molecule has 7 heteroatoms. The lowest BCUT2D eigenvalue weighted by molar-refractivity contribution is 0.398. The number of sulfonamides is 1. The summed E-state index contributed by atoms with van der Waals surface area (Å²) in [5, 5.41) is 8.82.